The number of hydrogen-bond donors (Lipinski definition) is 0. The van der Waals surface area contributed by atoms with Gasteiger partial charge in [-0.15, -0.1) is 0 Å². The lowest BCUT2D eigenvalue weighted by atomic mass is 10.0. The van der Waals surface area contributed by atoms with Crippen LogP contribution < -0.4 is 0 Å². The molecule has 12 aromatic rings. The van der Waals surface area contributed by atoms with E-state index in [9.17, 15) is 0 Å². The highest BCUT2D eigenvalue weighted by Gasteiger charge is 2.22. The first-order valence-electron chi connectivity index (χ1n) is 23.1. The van der Waals surface area contributed by atoms with Gasteiger partial charge >= 0.3 is 0 Å². The monoisotopic (exact) mass is 906 g/mol. The van der Waals surface area contributed by atoms with E-state index >= 15 is 0 Å². The topological polar surface area (TPSA) is 78.1 Å². The Labute approximate surface area is 410 Å². The fraction of sp³-hybridized carbons (Fsp3) is 0. The SMILES string of the molecule is [C-]#[N+]c1cccc(-c2ccc3c4ccc(-c5cccc([N+]#[C-])c5)cc4n(-c4ccc(-c5nc(-c6ccccc6)nc(-c6ccccc6)n5)cc4-c4cc(-c5ccccc5)nc(-c5ccccc5)n4)c3c2)c1. The molecule has 0 N–H and O–H groups in total. The molecule has 0 aliphatic carbocycles. The van der Waals surface area contributed by atoms with E-state index in [4.69, 9.17) is 38.1 Å². The largest absolute Gasteiger partial charge is 0.309 e. The summed E-state index contributed by atoms with van der Waals surface area (Å²) in [4.78, 5) is 33.5. The highest BCUT2D eigenvalue weighted by atomic mass is 15.0. The Hall–Kier alpha value is -10.2. The van der Waals surface area contributed by atoms with Crippen molar-refractivity contribution in [2.75, 3.05) is 0 Å². The highest BCUT2D eigenvalue weighted by Crippen LogP contribution is 2.42. The summed E-state index contributed by atoms with van der Waals surface area (Å²) in [5.41, 5.74) is 14.4. The van der Waals surface area contributed by atoms with Gasteiger partial charge in [0, 0.05) is 44.2 Å². The van der Waals surface area contributed by atoms with Crippen LogP contribution in [0.25, 0.3) is 128 Å². The van der Waals surface area contributed by atoms with Gasteiger partial charge in [-0.25, -0.2) is 34.6 Å². The van der Waals surface area contributed by atoms with E-state index in [2.05, 4.69) is 87.1 Å². The van der Waals surface area contributed by atoms with E-state index in [1.54, 1.807) is 0 Å². The smallest absolute Gasteiger partial charge is 0.187 e. The average Bonchev–Trinajstić information content (AvgIpc) is 3.78. The first kappa shape index (κ1) is 42.2. The Morgan fingerprint density at radius 3 is 1.17 bits per heavy atom. The summed E-state index contributed by atoms with van der Waals surface area (Å²) in [6.07, 6.45) is 0. The molecule has 0 aliphatic heterocycles. The second-order valence-electron chi connectivity index (χ2n) is 17.1. The van der Waals surface area contributed by atoms with Crippen LogP contribution in [0, 0.1) is 13.1 Å². The van der Waals surface area contributed by atoms with Crippen molar-refractivity contribution in [3.63, 3.8) is 0 Å². The summed E-state index contributed by atoms with van der Waals surface area (Å²) in [6, 6.07) is 77.2. The maximum Gasteiger partial charge on any atom is 0.187 e. The van der Waals surface area contributed by atoms with Crippen molar-refractivity contribution in [2.24, 2.45) is 0 Å². The van der Waals surface area contributed by atoms with Crippen molar-refractivity contribution in [2.45, 2.75) is 0 Å². The van der Waals surface area contributed by atoms with Crippen molar-refractivity contribution in [3.8, 4) is 96.0 Å². The van der Waals surface area contributed by atoms with Gasteiger partial charge in [-0.05, 0) is 70.8 Å². The van der Waals surface area contributed by atoms with Crippen molar-refractivity contribution in [1.29, 1.82) is 0 Å². The Morgan fingerprint density at radius 2 is 0.690 bits per heavy atom. The summed E-state index contributed by atoms with van der Waals surface area (Å²) in [6.45, 7) is 15.6. The van der Waals surface area contributed by atoms with E-state index < -0.39 is 0 Å². The van der Waals surface area contributed by atoms with E-state index in [-0.39, 0.29) is 0 Å². The van der Waals surface area contributed by atoms with Gasteiger partial charge < -0.3 is 4.57 Å². The fourth-order valence-corrected chi connectivity index (χ4v) is 9.22. The molecule has 12 rings (SSSR count). The van der Waals surface area contributed by atoms with E-state index in [0.717, 1.165) is 88.8 Å². The fourth-order valence-electron chi connectivity index (χ4n) is 9.22. The summed E-state index contributed by atoms with van der Waals surface area (Å²) < 4.78 is 2.32. The number of hydrogen-bond acceptors (Lipinski definition) is 5. The van der Waals surface area contributed by atoms with Gasteiger partial charge in [0.15, 0.2) is 34.7 Å². The first-order chi connectivity index (χ1) is 35.1. The molecule has 8 heteroatoms. The number of nitrogens with zero attached hydrogens (tertiary/aromatic N) is 8. The Kier molecular flexibility index (Phi) is 10.8. The van der Waals surface area contributed by atoms with Crippen molar-refractivity contribution < 1.29 is 0 Å². The highest BCUT2D eigenvalue weighted by molar-refractivity contribution is 6.12. The molecule has 0 atom stereocenters. The second kappa shape index (κ2) is 18.2. The molecular weight excluding hydrogens is 869 g/mol. The van der Waals surface area contributed by atoms with Gasteiger partial charge in [0.1, 0.15) is 0 Å². The predicted octanol–water partition coefficient (Wildman–Crippen LogP) is 16.2. The van der Waals surface area contributed by atoms with E-state index in [0.29, 0.717) is 40.4 Å². The molecule has 0 bridgehead atoms. The van der Waals surface area contributed by atoms with Crippen LogP contribution in [-0.2, 0) is 0 Å². The molecule has 0 fully saturated rings. The molecule has 0 aliphatic rings. The van der Waals surface area contributed by atoms with E-state index in [1.807, 2.05) is 158 Å². The molecule has 0 saturated carbocycles. The maximum absolute atomic E-state index is 7.79. The number of rotatable bonds is 9. The molecule has 0 radical (unpaired) electrons. The minimum absolute atomic E-state index is 0.511. The summed E-state index contributed by atoms with van der Waals surface area (Å²) in [5.74, 6) is 2.22. The second-order valence-corrected chi connectivity index (χ2v) is 17.1. The van der Waals surface area contributed by atoms with Crippen molar-refractivity contribution in [3.05, 3.63) is 253 Å². The molecule has 3 aromatic heterocycles. The Balaban J connectivity index is 1.18. The molecule has 0 spiro atoms. The van der Waals surface area contributed by atoms with Gasteiger partial charge in [-0.3, -0.25) is 0 Å². The minimum Gasteiger partial charge on any atom is -0.309 e. The van der Waals surface area contributed by atoms with Crippen LogP contribution >= 0.6 is 0 Å². The van der Waals surface area contributed by atoms with Crippen LogP contribution in [0.1, 0.15) is 0 Å². The van der Waals surface area contributed by atoms with Gasteiger partial charge in [-0.1, -0.05) is 182 Å². The Bertz CT molecular complexity index is 3830. The lowest BCUT2D eigenvalue weighted by molar-refractivity contribution is 1.07. The maximum atomic E-state index is 7.79. The average molecular weight is 907 g/mol. The standard InChI is InChI=1S/C63H38N8/c1-64-50-27-15-25-45(35-50)47-29-32-52-53-33-30-48(46-26-16-28-51(36-46)65-2)39-59(53)71(58(52)38-47)57-34-31-49(63-69-61(43-21-11-5-12-22-43)68-62(70-63)44-23-13-6-14-24-44)37-54(57)56-40-55(41-17-7-3-8-18-41)66-60(67-56)42-19-9-4-10-20-42/h3-40H. The van der Waals surface area contributed by atoms with Crippen LogP contribution in [0.15, 0.2) is 231 Å². The molecule has 9 aromatic carbocycles. The van der Waals surface area contributed by atoms with Gasteiger partial charge in [0.05, 0.1) is 41.3 Å². The summed E-state index contributed by atoms with van der Waals surface area (Å²) in [5, 5.41) is 2.10. The summed E-state index contributed by atoms with van der Waals surface area (Å²) >= 11 is 0. The molecule has 0 unspecified atom stereocenters. The third kappa shape index (κ3) is 8.14. The molecule has 0 amide bonds. The van der Waals surface area contributed by atoms with Crippen molar-refractivity contribution in [1.82, 2.24) is 29.5 Å². The third-order valence-corrected chi connectivity index (χ3v) is 12.7. The first-order valence-corrected chi connectivity index (χ1v) is 23.1. The van der Waals surface area contributed by atoms with Gasteiger partial charge in [-0.2, -0.15) is 0 Å². The molecule has 8 nitrogen and oxygen atoms in total. The lowest BCUT2D eigenvalue weighted by Crippen LogP contribution is -2.03. The third-order valence-electron chi connectivity index (χ3n) is 12.7. The lowest BCUT2D eigenvalue weighted by Gasteiger charge is -2.17. The molecule has 3 heterocycles. The van der Waals surface area contributed by atoms with E-state index in [1.165, 1.54) is 0 Å². The summed E-state index contributed by atoms with van der Waals surface area (Å²) in [7, 11) is 0. The van der Waals surface area contributed by atoms with Crippen LogP contribution in [0.3, 0.4) is 0 Å². The molecule has 71 heavy (non-hydrogen) atoms. The quantitative estimate of drug-likeness (QED) is 0.135. The molecule has 330 valence electrons. The van der Waals surface area contributed by atoms with Gasteiger partial charge in [0.2, 0.25) is 0 Å². The zero-order valence-electron chi connectivity index (χ0n) is 38.0. The number of fused-ring (bicyclic) bond motifs is 3. The zero-order valence-corrected chi connectivity index (χ0v) is 38.0. The Morgan fingerprint density at radius 1 is 0.296 bits per heavy atom. The van der Waals surface area contributed by atoms with Crippen LogP contribution in [0.4, 0.5) is 11.4 Å². The molecular formula is C63H38N8. The zero-order chi connectivity index (χ0) is 47.7. The van der Waals surface area contributed by atoms with Crippen LogP contribution in [0.5, 0.6) is 0 Å². The van der Waals surface area contributed by atoms with Gasteiger partial charge in [0.25, 0.3) is 0 Å². The number of aromatic nitrogens is 6. The normalized spacial score (nSPS) is 11.1. The molecule has 0 saturated heterocycles. The minimum atomic E-state index is 0.511. The van der Waals surface area contributed by atoms with Crippen LogP contribution in [-0.4, -0.2) is 29.5 Å². The predicted molar refractivity (Wildman–Crippen MR) is 286 cm³/mol. The number of benzene rings is 9. The van der Waals surface area contributed by atoms with Crippen LogP contribution in [0.2, 0.25) is 0 Å². The van der Waals surface area contributed by atoms with Crippen molar-refractivity contribution >= 4 is 33.2 Å².